The van der Waals surface area contributed by atoms with E-state index in [1.807, 2.05) is 0 Å². The van der Waals surface area contributed by atoms with Gasteiger partial charge in [0.15, 0.2) is 9.84 Å². The number of allylic oxidation sites excluding steroid dienone is 1. The minimum Gasteiger partial charge on any atom is -0.748 e. The first-order valence-electron chi connectivity index (χ1n) is 5.54. The first kappa shape index (κ1) is 19.6. The van der Waals surface area contributed by atoms with Gasteiger partial charge in [-0.15, -0.1) is 6.58 Å². The fourth-order valence-electron chi connectivity index (χ4n) is 2.15. The van der Waals surface area contributed by atoms with Crippen LogP contribution in [0.15, 0.2) is 12.7 Å². The van der Waals surface area contributed by atoms with Crippen LogP contribution in [0.25, 0.3) is 0 Å². The molecule has 9 heteroatoms. The molecule has 0 spiro atoms. The number of ether oxygens (including phenoxy) is 1. The van der Waals surface area contributed by atoms with Gasteiger partial charge in [-0.1, -0.05) is 6.08 Å². The van der Waals surface area contributed by atoms with Gasteiger partial charge in [-0.3, -0.25) is 0 Å². The summed E-state index contributed by atoms with van der Waals surface area (Å²) in [6.07, 6.45) is 1.93. The van der Waals surface area contributed by atoms with Gasteiger partial charge < -0.3 is 9.29 Å². The third kappa shape index (κ3) is 5.45. The molecule has 0 radical (unpaired) electrons. The van der Waals surface area contributed by atoms with Crippen molar-refractivity contribution in [1.82, 2.24) is 0 Å². The molecule has 1 rings (SSSR count). The largest absolute Gasteiger partial charge is 1.00 e. The van der Waals surface area contributed by atoms with Crippen molar-refractivity contribution in [2.45, 2.75) is 35.9 Å². The van der Waals surface area contributed by atoms with Crippen molar-refractivity contribution in [2.75, 3.05) is 12.9 Å². The Balaban J connectivity index is 0.00000324. The van der Waals surface area contributed by atoms with E-state index in [2.05, 4.69) is 6.58 Å². The topological polar surface area (TPSA) is 101 Å². The molecule has 19 heavy (non-hydrogen) atoms. The summed E-state index contributed by atoms with van der Waals surface area (Å²) in [7, 11) is -8.09. The molecule has 0 aromatic carbocycles. The van der Waals surface area contributed by atoms with E-state index >= 15 is 0 Å². The molecule has 0 unspecified atom stereocenters. The zero-order valence-corrected chi connectivity index (χ0v) is 14.7. The van der Waals surface area contributed by atoms with E-state index in [4.69, 9.17) is 4.74 Å². The summed E-state index contributed by atoms with van der Waals surface area (Å²) in [6.45, 7) is 3.71. The Morgan fingerprint density at radius 1 is 1.42 bits per heavy atom. The van der Waals surface area contributed by atoms with Crippen LogP contribution in [0, 0.1) is 0 Å². The minimum atomic E-state index is -4.57. The van der Waals surface area contributed by atoms with Gasteiger partial charge in [-0.05, 0) is 19.3 Å². The molecule has 0 saturated carbocycles. The summed E-state index contributed by atoms with van der Waals surface area (Å²) in [5.74, 6) is 0. The van der Waals surface area contributed by atoms with Crippen LogP contribution in [-0.2, 0) is 24.7 Å². The molecule has 0 amide bonds. The first-order valence-corrected chi connectivity index (χ1v) is 8.96. The van der Waals surface area contributed by atoms with E-state index in [1.54, 1.807) is 0 Å². The van der Waals surface area contributed by atoms with Crippen LogP contribution in [0.3, 0.4) is 0 Å². The quantitative estimate of drug-likeness (QED) is 0.305. The summed E-state index contributed by atoms with van der Waals surface area (Å²) >= 11 is 0. The summed E-state index contributed by atoms with van der Waals surface area (Å²) < 4.78 is 62.1. The monoisotopic (exact) mass is 320 g/mol. The Morgan fingerprint density at radius 3 is 2.42 bits per heavy atom. The zero-order valence-electron chi connectivity index (χ0n) is 11.1. The fraction of sp³-hybridized carbons (Fsp3) is 0.800. The van der Waals surface area contributed by atoms with Gasteiger partial charge in [0.25, 0.3) is 0 Å². The first-order chi connectivity index (χ1) is 8.18. The van der Waals surface area contributed by atoms with Gasteiger partial charge in [-0.25, -0.2) is 16.8 Å². The van der Waals surface area contributed by atoms with Gasteiger partial charge in [-0.2, -0.15) is 0 Å². The predicted molar refractivity (Wildman–Crippen MR) is 65.9 cm³/mol. The number of hydrogen-bond donors (Lipinski definition) is 0. The molecule has 0 aromatic rings. The van der Waals surface area contributed by atoms with Gasteiger partial charge in [0.2, 0.25) is 0 Å². The van der Waals surface area contributed by atoms with Crippen LogP contribution in [0.4, 0.5) is 0 Å². The Hall–Kier alpha value is 0.560. The molecule has 1 aliphatic heterocycles. The van der Waals surface area contributed by atoms with Crippen LogP contribution in [0.5, 0.6) is 0 Å². The van der Waals surface area contributed by atoms with Gasteiger partial charge in [0, 0.05) is 12.9 Å². The molecular weight excluding hydrogens is 303 g/mol. The smallest absolute Gasteiger partial charge is 0.748 e. The second kappa shape index (κ2) is 7.53. The van der Waals surface area contributed by atoms with Crippen molar-refractivity contribution in [3.8, 4) is 0 Å². The van der Waals surface area contributed by atoms with Crippen molar-refractivity contribution in [1.29, 1.82) is 0 Å². The summed E-state index contributed by atoms with van der Waals surface area (Å²) in [6, 6.07) is 0. The molecule has 0 aromatic heterocycles. The molecule has 3 atom stereocenters. The number of rotatable bonds is 5. The molecule has 0 N–H and O–H groups in total. The summed E-state index contributed by atoms with van der Waals surface area (Å²) in [5.41, 5.74) is 0. The maximum absolute atomic E-state index is 11.7. The Kier molecular flexibility index (Phi) is 7.76. The maximum atomic E-state index is 11.7. The molecule has 0 bridgehead atoms. The number of sulfone groups is 1. The fourth-order valence-corrected chi connectivity index (χ4v) is 4.54. The second-order valence-corrected chi connectivity index (χ2v) is 8.26. The molecule has 0 aliphatic carbocycles. The SMILES string of the molecule is C=CC[C@@H]([C@H]1OCCC[C@H]1S(=O)(=O)[O-])S(C)(=O)=O.[Na+]. The zero-order chi connectivity index (χ0) is 14.0. The van der Waals surface area contributed by atoms with E-state index < -0.39 is 36.6 Å². The third-order valence-corrected chi connectivity index (χ3v) is 5.80. The van der Waals surface area contributed by atoms with Crippen LogP contribution < -0.4 is 29.6 Å². The van der Waals surface area contributed by atoms with Crippen LogP contribution in [0.2, 0.25) is 0 Å². The number of hydrogen-bond acceptors (Lipinski definition) is 6. The van der Waals surface area contributed by atoms with E-state index in [9.17, 15) is 21.4 Å². The molecule has 1 saturated heterocycles. The molecule has 6 nitrogen and oxygen atoms in total. The summed E-state index contributed by atoms with van der Waals surface area (Å²) in [4.78, 5) is 0. The van der Waals surface area contributed by atoms with Gasteiger partial charge in [0.1, 0.15) is 10.1 Å². The van der Waals surface area contributed by atoms with Gasteiger partial charge in [0.05, 0.1) is 16.6 Å². The molecule has 1 aliphatic rings. The van der Waals surface area contributed by atoms with Crippen molar-refractivity contribution < 1.29 is 55.7 Å². The minimum absolute atomic E-state index is 0. The Morgan fingerprint density at radius 2 is 2.00 bits per heavy atom. The van der Waals surface area contributed by atoms with E-state index in [1.165, 1.54) is 6.08 Å². The van der Waals surface area contributed by atoms with Gasteiger partial charge >= 0.3 is 29.6 Å². The van der Waals surface area contributed by atoms with Crippen molar-refractivity contribution >= 4 is 20.0 Å². The Bertz CT molecular complexity index is 498. The average Bonchev–Trinajstić information content (AvgIpc) is 2.23. The third-order valence-electron chi connectivity index (χ3n) is 3.00. The molecule has 1 fully saturated rings. The van der Waals surface area contributed by atoms with Crippen LogP contribution >= 0.6 is 0 Å². The molecule has 1 heterocycles. The Labute approximate surface area is 136 Å². The van der Waals surface area contributed by atoms with E-state index in [0.29, 0.717) is 6.42 Å². The van der Waals surface area contributed by atoms with Crippen molar-refractivity contribution in [3.05, 3.63) is 12.7 Å². The summed E-state index contributed by atoms with van der Waals surface area (Å²) in [5, 5.41) is -2.34. The van der Waals surface area contributed by atoms with E-state index in [0.717, 1.165) is 6.26 Å². The normalized spacial score (nSPS) is 26.2. The average molecular weight is 320 g/mol. The predicted octanol–water partition coefficient (Wildman–Crippen LogP) is -2.93. The molecule has 106 valence electrons. The standard InChI is InChI=1S/C10H18O6S2.Na/c1-3-5-8(17(2,11)12)10-9(18(13,14)15)6-4-7-16-10;/h3,8-10H,1,4-7H2,2H3,(H,13,14,15);/q;+1/p-1/t8-,9+,10+;/m0./s1. The van der Waals surface area contributed by atoms with E-state index in [-0.39, 0.29) is 49.0 Å². The van der Waals surface area contributed by atoms with Crippen LogP contribution in [-0.4, -0.2) is 50.9 Å². The maximum Gasteiger partial charge on any atom is 1.00 e. The second-order valence-electron chi connectivity index (χ2n) is 4.40. The van der Waals surface area contributed by atoms with Crippen molar-refractivity contribution in [3.63, 3.8) is 0 Å². The van der Waals surface area contributed by atoms with Crippen LogP contribution in [0.1, 0.15) is 19.3 Å². The molecular formula is C10H17NaO6S2. The van der Waals surface area contributed by atoms with Crippen molar-refractivity contribution in [2.24, 2.45) is 0 Å².